The highest BCUT2D eigenvalue weighted by Gasteiger charge is 2.27. The molecule has 1 saturated heterocycles. The second-order valence-electron chi connectivity index (χ2n) is 5.41. The Morgan fingerprint density at radius 1 is 1.48 bits per heavy atom. The summed E-state index contributed by atoms with van der Waals surface area (Å²) < 4.78 is 5.65. The summed E-state index contributed by atoms with van der Waals surface area (Å²) in [5.41, 5.74) is 0. The Morgan fingerprint density at radius 3 is 2.92 bits per heavy atom. The number of urea groups is 1. The highest BCUT2D eigenvalue weighted by molar-refractivity contribution is 6.30. The number of hydrogen-bond donors (Lipinski definition) is 2. The van der Waals surface area contributed by atoms with Gasteiger partial charge < -0.3 is 20.3 Å². The van der Waals surface area contributed by atoms with Crippen LogP contribution in [0.1, 0.15) is 0 Å². The predicted molar refractivity (Wildman–Crippen MR) is 96.1 cm³/mol. The summed E-state index contributed by atoms with van der Waals surface area (Å²) in [6.07, 6.45) is 0. The van der Waals surface area contributed by atoms with E-state index in [1.54, 1.807) is 19.2 Å². The van der Waals surface area contributed by atoms with E-state index in [4.69, 9.17) is 16.3 Å². The molecule has 0 aromatic heterocycles. The molecule has 2 N–H and O–H groups in total. The van der Waals surface area contributed by atoms with E-state index in [1.807, 2.05) is 24.1 Å². The number of halogens is 1. The van der Waals surface area contributed by atoms with Crippen LogP contribution in [0.3, 0.4) is 0 Å². The molecule has 136 valence electrons. The second-order valence-corrected chi connectivity index (χ2v) is 5.84. The van der Waals surface area contributed by atoms with Crippen molar-refractivity contribution in [2.24, 2.45) is 4.99 Å². The quantitative estimate of drug-likeness (QED) is 0.422. The van der Waals surface area contributed by atoms with E-state index >= 15 is 0 Å². The zero-order chi connectivity index (χ0) is 18.2. The normalized spacial score (nSPS) is 14.5. The topological polar surface area (TPSA) is 86.3 Å². The minimum absolute atomic E-state index is 0.0638. The lowest BCUT2D eigenvalue weighted by Crippen LogP contribution is -2.44. The molecule has 0 spiro atoms. The molecule has 1 aromatic rings. The van der Waals surface area contributed by atoms with Gasteiger partial charge in [0.15, 0.2) is 5.96 Å². The van der Waals surface area contributed by atoms with E-state index < -0.39 is 0 Å². The third-order valence-electron chi connectivity index (χ3n) is 3.62. The first-order chi connectivity index (χ1) is 12.0. The van der Waals surface area contributed by atoms with Gasteiger partial charge in [-0.25, -0.2) is 4.79 Å². The van der Waals surface area contributed by atoms with Gasteiger partial charge in [0.05, 0.1) is 13.1 Å². The molecule has 0 atom stereocenters. The van der Waals surface area contributed by atoms with Crippen molar-refractivity contribution < 1.29 is 14.3 Å². The summed E-state index contributed by atoms with van der Waals surface area (Å²) in [6, 6.07) is 6.86. The molecule has 25 heavy (non-hydrogen) atoms. The van der Waals surface area contributed by atoms with Gasteiger partial charge in [0.25, 0.3) is 0 Å². The average Bonchev–Trinajstić information content (AvgIpc) is 2.90. The molecular formula is C16H22ClN5O3. The number of likely N-dealkylation sites (N-methyl/N-ethyl adjacent to an activating group) is 1. The van der Waals surface area contributed by atoms with Crippen LogP contribution in [0.2, 0.25) is 5.02 Å². The van der Waals surface area contributed by atoms with Crippen molar-refractivity contribution >= 4 is 29.5 Å². The van der Waals surface area contributed by atoms with Crippen molar-refractivity contribution in [2.45, 2.75) is 0 Å². The lowest BCUT2D eigenvalue weighted by Gasteiger charge is -2.23. The van der Waals surface area contributed by atoms with Crippen molar-refractivity contribution in [3.63, 3.8) is 0 Å². The number of hydrogen-bond acceptors (Lipinski definition) is 4. The van der Waals surface area contributed by atoms with Gasteiger partial charge in [-0.05, 0) is 18.2 Å². The molecule has 0 aliphatic carbocycles. The highest BCUT2D eigenvalue weighted by atomic mass is 35.5. The first-order valence-corrected chi connectivity index (χ1v) is 8.27. The Morgan fingerprint density at radius 2 is 2.28 bits per heavy atom. The molecule has 1 aromatic carbocycles. The number of benzene rings is 1. The van der Waals surface area contributed by atoms with Crippen LogP contribution in [0, 0.1) is 0 Å². The Bertz CT molecular complexity index is 636. The van der Waals surface area contributed by atoms with E-state index in [9.17, 15) is 9.59 Å². The fourth-order valence-corrected chi connectivity index (χ4v) is 2.49. The standard InChI is InChI=1S/C16H22ClN5O3/c1-18-15(19-6-7-22-14(23)11-20-16(22)24)21(2)8-9-25-13-5-3-4-12(17)10-13/h3-5,10H,6-9,11H2,1-2H3,(H,18,19)(H,20,24). The van der Waals surface area contributed by atoms with Crippen molar-refractivity contribution in [1.82, 2.24) is 20.4 Å². The summed E-state index contributed by atoms with van der Waals surface area (Å²) in [6.45, 7) is 1.84. The lowest BCUT2D eigenvalue weighted by molar-refractivity contribution is -0.124. The van der Waals surface area contributed by atoms with Crippen molar-refractivity contribution in [1.29, 1.82) is 0 Å². The van der Waals surface area contributed by atoms with Crippen LogP contribution in [0.5, 0.6) is 5.75 Å². The van der Waals surface area contributed by atoms with Crippen LogP contribution in [0.4, 0.5) is 4.79 Å². The molecule has 9 heteroatoms. The number of amides is 3. The molecule has 0 bridgehead atoms. The van der Waals surface area contributed by atoms with Crippen LogP contribution in [-0.2, 0) is 4.79 Å². The summed E-state index contributed by atoms with van der Waals surface area (Å²) in [7, 11) is 3.55. The SMILES string of the molecule is CN=C(NCCN1C(=O)CNC1=O)N(C)CCOc1cccc(Cl)c1. The third-order valence-corrected chi connectivity index (χ3v) is 3.86. The minimum atomic E-state index is -0.356. The Labute approximate surface area is 151 Å². The lowest BCUT2D eigenvalue weighted by atomic mass is 10.3. The fourth-order valence-electron chi connectivity index (χ4n) is 2.31. The maximum absolute atomic E-state index is 11.5. The van der Waals surface area contributed by atoms with Gasteiger partial charge >= 0.3 is 6.03 Å². The number of carbonyl (C=O) groups excluding carboxylic acids is 2. The maximum Gasteiger partial charge on any atom is 0.324 e. The van der Waals surface area contributed by atoms with Crippen LogP contribution in [-0.4, -0.2) is 74.6 Å². The maximum atomic E-state index is 11.5. The molecule has 0 unspecified atom stereocenters. The zero-order valence-corrected chi connectivity index (χ0v) is 15.0. The van der Waals surface area contributed by atoms with Crippen molar-refractivity contribution in [3.8, 4) is 5.75 Å². The molecule has 2 rings (SSSR count). The number of imide groups is 1. The molecule has 1 aliphatic rings. The first kappa shape index (κ1) is 18.9. The monoisotopic (exact) mass is 367 g/mol. The summed E-state index contributed by atoms with van der Waals surface area (Å²) in [5.74, 6) is 1.15. The van der Waals surface area contributed by atoms with Crippen LogP contribution >= 0.6 is 11.6 Å². The van der Waals surface area contributed by atoms with Crippen molar-refractivity contribution in [3.05, 3.63) is 29.3 Å². The number of ether oxygens (including phenoxy) is 1. The van der Waals surface area contributed by atoms with Gasteiger partial charge in [0, 0.05) is 32.2 Å². The van der Waals surface area contributed by atoms with Gasteiger partial charge in [-0.1, -0.05) is 17.7 Å². The Kier molecular flexibility index (Phi) is 6.88. The van der Waals surface area contributed by atoms with E-state index in [0.29, 0.717) is 36.4 Å². The molecule has 3 amide bonds. The van der Waals surface area contributed by atoms with E-state index in [0.717, 1.165) is 0 Å². The van der Waals surface area contributed by atoms with Crippen LogP contribution < -0.4 is 15.4 Å². The number of guanidine groups is 1. The summed E-state index contributed by atoms with van der Waals surface area (Å²) in [5, 5.41) is 6.23. The fraction of sp³-hybridized carbons (Fsp3) is 0.438. The van der Waals surface area contributed by atoms with Gasteiger partial charge in [-0.2, -0.15) is 0 Å². The van der Waals surface area contributed by atoms with Gasteiger partial charge in [0.2, 0.25) is 5.91 Å². The number of nitrogens with one attached hydrogen (secondary N) is 2. The molecule has 8 nitrogen and oxygen atoms in total. The van der Waals surface area contributed by atoms with Crippen molar-refractivity contribution in [2.75, 3.05) is 46.9 Å². The van der Waals surface area contributed by atoms with Crippen LogP contribution in [0.15, 0.2) is 29.3 Å². The second kappa shape index (κ2) is 9.12. The zero-order valence-electron chi connectivity index (χ0n) is 14.3. The third kappa shape index (κ3) is 5.53. The number of rotatable bonds is 7. The molecule has 1 heterocycles. The van der Waals surface area contributed by atoms with E-state index in [1.165, 1.54) is 4.90 Å². The van der Waals surface area contributed by atoms with Gasteiger partial charge in [-0.15, -0.1) is 0 Å². The summed E-state index contributed by atoms with van der Waals surface area (Å²) in [4.78, 5) is 30.2. The molecule has 0 radical (unpaired) electrons. The number of nitrogens with zero attached hydrogens (tertiary/aromatic N) is 3. The molecule has 1 fully saturated rings. The first-order valence-electron chi connectivity index (χ1n) is 7.89. The minimum Gasteiger partial charge on any atom is -0.492 e. The van der Waals surface area contributed by atoms with Gasteiger partial charge in [0.1, 0.15) is 12.4 Å². The van der Waals surface area contributed by atoms with E-state index in [2.05, 4.69) is 15.6 Å². The highest BCUT2D eigenvalue weighted by Crippen LogP contribution is 2.16. The average molecular weight is 368 g/mol. The van der Waals surface area contributed by atoms with E-state index in [-0.39, 0.29) is 25.0 Å². The van der Waals surface area contributed by atoms with Crippen LogP contribution in [0.25, 0.3) is 0 Å². The van der Waals surface area contributed by atoms with Gasteiger partial charge in [-0.3, -0.25) is 14.7 Å². The predicted octanol–water partition coefficient (Wildman–Crippen LogP) is 0.778. The molecule has 1 aliphatic heterocycles. The Balaban J connectivity index is 1.72. The smallest absolute Gasteiger partial charge is 0.324 e. The number of carbonyl (C=O) groups is 2. The molecular weight excluding hydrogens is 346 g/mol. The largest absolute Gasteiger partial charge is 0.492 e. The molecule has 0 saturated carbocycles. The summed E-state index contributed by atoms with van der Waals surface area (Å²) >= 11 is 5.91. The number of aliphatic imine (C=N–C) groups is 1. The Hall–Kier alpha value is -2.48.